The summed E-state index contributed by atoms with van der Waals surface area (Å²) in [5, 5.41) is 0. The van der Waals surface area contributed by atoms with Gasteiger partial charge in [0.25, 0.3) is 5.91 Å². The van der Waals surface area contributed by atoms with Gasteiger partial charge in [-0.15, -0.1) is 11.6 Å². The van der Waals surface area contributed by atoms with Crippen LogP contribution in [0.1, 0.15) is 15.9 Å². The Morgan fingerprint density at radius 2 is 1.63 bits per heavy atom. The molecule has 5 heteroatoms. The molecule has 0 radical (unpaired) electrons. The summed E-state index contributed by atoms with van der Waals surface area (Å²) in [4.78, 5) is 14.1. The van der Waals surface area contributed by atoms with E-state index < -0.39 is 0 Å². The standard InChI is InChI=1S/C14H20ClNO3/c1-18-9-7-16(8-10-19-2)14(17)13-5-3-12(11-15)4-6-13/h3-6H,7-11H2,1-2H3. The van der Waals surface area contributed by atoms with Crippen LogP contribution in [0.25, 0.3) is 0 Å². The van der Waals surface area contributed by atoms with Crippen LogP contribution < -0.4 is 0 Å². The minimum Gasteiger partial charge on any atom is -0.383 e. The maximum Gasteiger partial charge on any atom is 0.254 e. The van der Waals surface area contributed by atoms with Gasteiger partial charge in [0.15, 0.2) is 0 Å². The topological polar surface area (TPSA) is 38.8 Å². The van der Waals surface area contributed by atoms with Gasteiger partial charge in [-0.1, -0.05) is 12.1 Å². The van der Waals surface area contributed by atoms with Crippen LogP contribution in [0.15, 0.2) is 24.3 Å². The predicted octanol–water partition coefficient (Wildman–Crippen LogP) is 2.16. The highest BCUT2D eigenvalue weighted by Crippen LogP contribution is 2.09. The minimum absolute atomic E-state index is 0.0183. The summed E-state index contributed by atoms with van der Waals surface area (Å²) in [5.74, 6) is 0.432. The summed E-state index contributed by atoms with van der Waals surface area (Å²) in [6.45, 7) is 2.12. The second-order valence-corrected chi connectivity index (χ2v) is 4.38. The van der Waals surface area contributed by atoms with Crippen molar-refractivity contribution in [2.75, 3.05) is 40.5 Å². The summed E-state index contributed by atoms with van der Waals surface area (Å²) < 4.78 is 10.0. The summed E-state index contributed by atoms with van der Waals surface area (Å²) in [5.41, 5.74) is 1.65. The lowest BCUT2D eigenvalue weighted by Crippen LogP contribution is -2.36. The molecule has 0 atom stereocenters. The van der Waals surface area contributed by atoms with Crippen molar-refractivity contribution in [1.29, 1.82) is 0 Å². The van der Waals surface area contributed by atoms with E-state index in [2.05, 4.69) is 0 Å². The Balaban J connectivity index is 2.72. The molecule has 0 aromatic heterocycles. The Kier molecular flexibility index (Phi) is 7.48. The molecule has 0 fully saturated rings. The van der Waals surface area contributed by atoms with Crippen LogP contribution in [0.3, 0.4) is 0 Å². The number of carbonyl (C=O) groups is 1. The van der Waals surface area contributed by atoms with Crippen molar-refractivity contribution in [2.24, 2.45) is 0 Å². The average molecular weight is 286 g/mol. The van der Waals surface area contributed by atoms with Crippen LogP contribution in [-0.2, 0) is 15.4 Å². The number of nitrogens with zero attached hydrogens (tertiary/aromatic N) is 1. The van der Waals surface area contributed by atoms with Crippen molar-refractivity contribution in [3.8, 4) is 0 Å². The van der Waals surface area contributed by atoms with E-state index in [1.807, 2.05) is 12.1 Å². The SMILES string of the molecule is COCCN(CCOC)C(=O)c1ccc(CCl)cc1. The van der Waals surface area contributed by atoms with Gasteiger partial charge in [-0.3, -0.25) is 4.79 Å². The quantitative estimate of drug-likeness (QED) is 0.687. The summed E-state index contributed by atoms with van der Waals surface area (Å²) in [6, 6.07) is 7.33. The highest BCUT2D eigenvalue weighted by molar-refractivity contribution is 6.17. The van der Waals surface area contributed by atoms with Crippen molar-refractivity contribution in [1.82, 2.24) is 4.90 Å². The van der Waals surface area contributed by atoms with Gasteiger partial charge in [0, 0.05) is 38.8 Å². The zero-order valence-electron chi connectivity index (χ0n) is 11.4. The molecule has 1 aromatic rings. The van der Waals surface area contributed by atoms with Crippen LogP contribution in [0.2, 0.25) is 0 Å². The number of alkyl halides is 1. The van der Waals surface area contributed by atoms with E-state index in [1.165, 1.54) is 0 Å². The molecule has 1 amide bonds. The first-order valence-corrected chi connectivity index (χ1v) is 6.68. The van der Waals surface area contributed by atoms with E-state index in [9.17, 15) is 4.79 Å². The number of halogens is 1. The van der Waals surface area contributed by atoms with E-state index in [1.54, 1.807) is 31.3 Å². The van der Waals surface area contributed by atoms with Crippen molar-refractivity contribution in [2.45, 2.75) is 5.88 Å². The molecular weight excluding hydrogens is 266 g/mol. The molecule has 0 bridgehead atoms. The second-order valence-electron chi connectivity index (χ2n) is 4.11. The first kappa shape index (κ1) is 16.0. The minimum atomic E-state index is -0.0183. The van der Waals surface area contributed by atoms with Gasteiger partial charge >= 0.3 is 0 Å². The van der Waals surface area contributed by atoms with E-state index in [4.69, 9.17) is 21.1 Å². The fraction of sp³-hybridized carbons (Fsp3) is 0.500. The zero-order valence-corrected chi connectivity index (χ0v) is 12.2. The van der Waals surface area contributed by atoms with Crippen LogP contribution >= 0.6 is 11.6 Å². The van der Waals surface area contributed by atoms with Gasteiger partial charge in [-0.2, -0.15) is 0 Å². The highest BCUT2D eigenvalue weighted by atomic mass is 35.5. The van der Waals surface area contributed by atoms with Crippen molar-refractivity contribution in [3.63, 3.8) is 0 Å². The molecule has 1 rings (SSSR count). The monoisotopic (exact) mass is 285 g/mol. The lowest BCUT2D eigenvalue weighted by molar-refractivity contribution is 0.0627. The molecule has 0 N–H and O–H groups in total. The molecule has 106 valence electrons. The molecular formula is C14H20ClNO3. The number of ether oxygens (including phenoxy) is 2. The van der Waals surface area contributed by atoms with Crippen LogP contribution in [-0.4, -0.2) is 51.3 Å². The lowest BCUT2D eigenvalue weighted by Gasteiger charge is -2.22. The fourth-order valence-corrected chi connectivity index (χ4v) is 1.82. The van der Waals surface area contributed by atoms with Crippen molar-refractivity contribution >= 4 is 17.5 Å². The van der Waals surface area contributed by atoms with Gasteiger partial charge in [0.2, 0.25) is 0 Å². The molecule has 4 nitrogen and oxygen atoms in total. The number of methoxy groups -OCH3 is 2. The van der Waals surface area contributed by atoms with Gasteiger partial charge in [0.1, 0.15) is 0 Å². The number of benzene rings is 1. The van der Waals surface area contributed by atoms with Crippen LogP contribution in [0.4, 0.5) is 0 Å². The van der Waals surface area contributed by atoms with Crippen LogP contribution in [0.5, 0.6) is 0 Å². The van der Waals surface area contributed by atoms with E-state index in [0.29, 0.717) is 37.7 Å². The fourth-order valence-electron chi connectivity index (χ4n) is 1.64. The molecule has 1 aromatic carbocycles. The normalized spacial score (nSPS) is 10.5. The summed E-state index contributed by atoms with van der Waals surface area (Å²) in [7, 11) is 3.24. The van der Waals surface area contributed by atoms with E-state index >= 15 is 0 Å². The van der Waals surface area contributed by atoms with Gasteiger partial charge in [-0.25, -0.2) is 0 Å². The largest absolute Gasteiger partial charge is 0.383 e. The van der Waals surface area contributed by atoms with E-state index in [0.717, 1.165) is 5.56 Å². The third kappa shape index (κ3) is 5.19. The van der Waals surface area contributed by atoms with Crippen LogP contribution in [0, 0.1) is 0 Å². The van der Waals surface area contributed by atoms with Gasteiger partial charge < -0.3 is 14.4 Å². The molecule has 0 aliphatic heterocycles. The molecule has 0 spiro atoms. The lowest BCUT2D eigenvalue weighted by atomic mass is 10.1. The number of rotatable bonds is 8. The summed E-state index contributed by atoms with van der Waals surface area (Å²) in [6.07, 6.45) is 0. The predicted molar refractivity (Wildman–Crippen MR) is 75.7 cm³/mol. The molecule has 0 heterocycles. The number of hydrogen-bond acceptors (Lipinski definition) is 3. The second kappa shape index (κ2) is 8.91. The maximum absolute atomic E-state index is 12.3. The summed E-state index contributed by atoms with van der Waals surface area (Å²) >= 11 is 5.73. The van der Waals surface area contributed by atoms with Crippen molar-refractivity contribution < 1.29 is 14.3 Å². The maximum atomic E-state index is 12.3. The molecule has 0 unspecified atom stereocenters. The average Bonchev–Trinajstić information content (AvgIpc) is 2.47. The Hall–Kier alpha value is -1.10. The first-order valence-electron chi connectivity index (χ1n) is 6.15. The first-order chi connectivity index (χ1) is 9.22. The number of hydrogen-bond donors (Lipinski definition) is 0. The molecule has 0 saturated carbocycles. The third-order valence-electron chi connectivity index (χ3n) is 2.77. The molecule has 19 heavy (non-hydrogen) atoms. The molecule has 0 aliphatic rings. The Bertz CT molecular complexity index is 373. The number of amides is 1. The van der Waals surface area contributed by atoms with E-state index in [-0.39, 0.29) is 5.91 Å². The zero-order chi connectivity index (χ0) is 14.1. The smallest absolute Gasteiger partial charge is 0.254 e. The molecule has 0 aliphatic carbocycles. The van der Waals surface area contributed by atoms with Gasteiger partial charge in [-0.05, 0) is 17.7 Å². The Morgan fingerprint density at radius 3 is 2.05 bits per heavy atom. The van der Waals surface area contributed by atoms with Crippen molar-refractivity contribution in [3.05, 3.63) is 35.4 Å². The Labute approximate surface area is 119 Å². The third-order valence-corrected chi connectivity index (χ3v) is 3.08. The highest BCUT2D eigenvalue weighted by Gasteiger charge is 2.15. The number of carbonyl (C=O) groups excluding carboxylic acids is 1. The Morgan fingerprint density at radius 1 is 1.11 bits per heavy atom. The van der Waals surface area contributed by atoms with Gasteiger partial charge in [0.05, 0.1) is 13.2 Å². The molecule has 0 saturated heterocycles.